The molecule has 2 fully saturated rings. The first kappa shape index (κ1) is 23.6. The Kier molecular flexibility index (Phi) is 6.18. The zero-order chi connectivity index (χ0) is 24.0. The molecule has 1 aromatic rings. The molecule has 6 heteroatoms. The van der Waals surface area contributed by atoms with Gasteiger partial charge in [-0.2, -0.15) is 0 Å². The van der Waals surface area contributed by atoms with Gasteiger partial charge in [0, 0.05) is 23.0 Å². The molecule has 2 N–H and O–H groups in total. The number of ether oxygens (including phenoxy) is 1. The van der Waals surface area contributed by atoms with Gasteiger partial charge in [-0.05, 0) is 61.3 Å². The predicted molar refractivity (Wildman–Crippen MR) is 122 cm³/mol. The molecule has 176 valence electrons. The van der Waals surface area contributed by atoms with Crippen LogP contribution in [0.3, 0.4) is 0 Å². The van der Waals surface area contributed by atoms with E-state index in [9.17, 15) is 23.8 Å². The van der Waals surface area contributed by atoms with Crippen LogP contribution in [0.5, 0.6) is 0 Å². The molecule has 0 saturated heterocycles. The Morgan fingerprint density at radius 1 is 1.27 bits per heavy atom. The van der Waals surface area contributed by atoms with Gasteiger partial charge in [0.05, 0.1) is 18.3 Å². The van der Waals surface area contributed by atoms with E-state index in [0.29, 0.717) is 12.0 Å². The van der Waals surface area contributed by atoms with E-state index in [1.165, 1.54) is 18.2 Å². The molecule has 2 aliphatic carbocycles. The lowest BCUT2D eigenvalue weighted by atomic mass is 9.46. The van der Waals surface area contributed by atoms with E-state index in [2.05, 4.69) is 13.5 Å². The number of hydrogen-bond donors (Lipinski definition) is 2. The average Bonchev–Trinajstić information content (AvgIpc) is 3.11. The monoisotopic (exact) mass is 456 g/mol. The maximum absolute atomic E-state index is 13.9. The molecule has 0 aromatic heterocycles. The smallest absolute Gasteiger partial charge is 0.343 e. The normalized spacial score (nSPS) is 35.6. The van der Waals surface area contributed by atoms with Gasteiger partial charge in [0.25, 0.3) is 0 Å². The third-order valence-electron chi connectivity index (χ3n) is 8.03. The summed E-state index contributed by atoms with van der Waals surface area (Å²) in [5.74, 6) is -1.68. The van der Waals surface area contributed by atoms with Crippen molar-refractivity contribution in [3.05, 3.63) is 77.1 Å². The standard InChI is InChI=1S/C27H30F2O4/c1-16-4-9-23-26(2,11-10-24(31)27(23,3)15-30)21(16)8-6-18-13-20(33-25(18)32)12-17-5-7-19(28)14-22(17)29/h5-8,12-14,21,23-24,30-31H,1,4,9-11,15H2,2-3H3/b8-6+,20-12+. The molecule has 5 atom stereocenters. The third kappa shape index (κ3) is 4.11. The van der Waals surface area contributed by atoms with Gasteiger partial charge in [-0.1, -0.05) is 38.2 Å². The number of carbonyl (C=O) groups is 1. The van der Waals surface area contributed by atoms with Crippen LogP contribution in [0, 0.1) is 34.3 Å². The fourth-order valence-corrected chi connectivity index (χ4v) is 6.06. The van der Waals surface area contributed by atoms with Gasteiger partial charge >= 0.3 is 5.97 Å². The second kappa shape index (κ2) is 8.65. The molecule has 4 nitrogen and oxygen atoms in total. The number of benzene rings is 1. The van der Waals surface area contributed by atoms with E-state index in [1.807, 2.05) is 13.0 Å². The summed E-state index contributed by atoms with van der Waals surface area (Å²) in [4.78, 5) is 12.4. The van der Waals surface area contributed by atoms with Gasteiger partial charge in [-0.3, -0.25) is 0 Å². The highest BCUT2D eigenvalue weighted by atomic mass is 19.1. The van der Waals surface area contributed by atoms with Crippen molar-refractivity contribution in [2.75, 3.05) is 6.61 Å². The second-order valence-corrected chi connectivity index (χ2v) is 10.0. The molecule has 1 aliphatic heterocycles. The van der Waals surface area contributed by atoms with Gasteiger partial charge in [0.2, 0.25) is 0 Å². The number of aliphatic hydroxyl groups excluding tert-OH is 2. The number of rotatable bonds is 4. The molecule has 0 bridgehead atoms. The van der Waals surface area contributed by atoms with Crippen molar-refractivity contribution in [1.82, 2.24) is 0 Å². The molecule has 2 saturated carbocycles. The Balaban J connectivity index is 1.61. The Hall–Kier alpha value is -2.57. The van der Waals surface area contributed by atoms with Crippen molar-refractivity contribution in [2.45, 2.75) is 45.6 Å². The van der Waals surface area contributed by atoms with Crippen molar-refractivity contribution in [2.24, 2.45) is 22.7 Å². The predicted octanol–water partition coefficient (Wildman–Crippen LogP) is 5.09. The van der Waals surface area contributed by atoms with Gasteiger partial charge < -0.3 is 14.9 Å². The molecule has 33 heavy (non-hydrogen) atoms. The highest BCUT2D eigenvalue weighted by Gasteiger charge is 2.57. The van der Waals surface area contributed by atoms with Crippen LogP contribution in [0.1, 0.15) is 45.1 Å². The molecule has 1 heterocycles. The van der Waals surface area contributed by atoms with Crippen molar-refractivity contribution in [1.29, 1.82) is 0 Å². The van der Waals surface area contributed by atoms with Crippen LogP contribution in [0.25, 0.3) is 6.08 Å². The summed E-state index contributed by atoms with van der Waals surface area (Å²) in [5.41, 5.74) is 0.740. The van der Waals surface area contributed by atoms with E-state index >= 15 is 0 Å². The van der Waals surface area contributed by atoms with Crippen molar-refractivity contribution < 1.29 is 28.5 Å². The van der Waals surface area contributed by atoms with E-state index in [0.717, 1.165) is 37.0 Å². The number of aliphatic hydroxyl groups is 2. The molecule has 0 radical (unpaired) electrons. The summed E-state index contributed by atoms with van der Waals surface area (Å²) < 4.78 is 32.3. The number of halogens is 2. The number of esters is 1. The summed E-state index contributed by atoms with van der Waals surface area (Å²) in [6, 6.07) is 3.21. The zero-order valence-corrected chi connectivity index (χ0v) is 19.0. The molecule has 0 spiro atoms. The lowest BCUT2D eigenvalue weighted by molar-refractivity contribution is -0.145. The summed E-state index contributed by atoms with van der Waals surface area (Å²) in [7, 11) is 0. The molecular formula is C27H30F2O4. The molecule has 4 rings (SSSR count). The number of hydrogen-bond acceptors (Lipinski definition) is 4. The Labute approximate surface area is 193 Å². The maximum Gasteiger partial charge on any atom is 0.343 e. The van der Waals surface area contributed by atoms with E-state index in [4.69, 9.17) is 4.74 Å². The highest BCUT2D eigenvalue weighted by Crippen LogP contribution is 2.61. The summed E-state index contributed by atoms with van der Waals surface area (Å²) >= 11 is 0. The number of carbonyl (C=O) groups excluding carboxylic acids is 1. The van der Waals surface area contributed by atoms with Crippen molar-refractivity contribution in [3.8, 4) is 0 Å². The number of allylic oxidation sites excluding steroid dienone is 3. The van der Waals surface area contributed by atoms with Crippen molar-refractivity contribution in [3.63, 3.8) is 0 Å². The summed E-state index contributed by atoms with van der Waals surface area (Å²) in [6.07, 6.45) is 9.07. The maximum atomic E-state index is 13.9. The van der Waals surface area contributed by atoms with Gasteiger partial charge in [0.15, 0.2) is 0 Å². The minimum Gasteiger partial charge on any atom is -0.423 e. The quantitative estimate of drug-likeness (QED) is 0.489. The fraction of sp³-hybridized carbons (Fsp3) is 0.444. The third-order valence-corrected chi connectivity index (χ3v) is 8.03. The summed E-state index contributed by atoms with van der Waals surface area (Å²) in [5, 5.41) is 20.8. The Morgan fingerprint density at radius 3 is 2.73 bits per heavy atom. The van der Waals surface area contributed by atoms with Crippen LogP contribution in [0.4, 0.5) is 8.78 Å². The van der Waals surface area contributed by atoms with Crippen LogP contribution >= 0.6 is 0 Å². The average molecular weight is 457 g/mol. The fourth-order valence-electron chi connectivity index (χ4n) is 6.06. The van der Waals surface area contributed by atoms with E-state index < -0.39 is 29.1 Å². The minimum absolute atomic E-state index is 0.0223. The molecule has 5 unspecified atom stereocenters. The Morgan fingerprint density at radius 2 is 2.03 bits per heavy atom. The first-order valence-electron chi connectivity index (χ1n) is 11.3. The first-order valence-corrected chi connectivity index (χ1v) is 11.3. The Bertz CT molecular complexity index is 1070. The van der Waals surface area contributed by atoms with E-state index in [-0.39, 0.29) is 35.2 Å². The minimum atomic E-state index is -0.736. The van der Waals surface area contributed by atoms with Crippen LogP contribution in [0.2, 0.25) is 0 Å². The van der Waals surface area contributed by atoms with Crippen LogP contribution in [0.15, 0.2) is 59.9 Å². The lowest BCUT2D eigenvalue weighted by Crippen LogP contribution is -2.57. The van der Waals surface area contributed by atoms with E-state index in [1.54, 1.807) is 6.08 Å². The largest absolute Gasteiger partial charge is 0.423 e. The lowest BCUT2D eigenvalue weighted by Gasteiger charge is -2.59. The zero-order valence-electron chi connectivity index (χ0n) is 19.0. The first-order chi connectivity index (χ1) is 15.6. The number of fused-ring (bicyclic) bond motifs is 1. The summed E-state index contributed by atoms with van der Waals surface area (Å²) in [6.45, 7) is 8.34. The molecular weight excluding hydrogens is 426 g/mol. The van der Waals surface area contributed by atoms with Crippen LogP contribution in [-0.2, 0) is 9.53 Å². The highest BCUT2D eigenvalue weighted by molar-refractivity contribution is 5.96. The van der Waals surface area contributed by atoms with Crippen LogP contribution < -0.4 is 0 Å². The van der Waals surface area contributed by atoms with Gasteiger partial charge in [-0.15, -0.1) is 0 Å². The molecule has 1 aromatic carbocycles. The van der Waals surface area contributed by atoms with Crippen molar-refractivity contribution >= 4 is 12.0 Å². The second-order valence-electron chi connectivity index (χ2n) is 10.0. The molecule has 3 aliphatic rings. The van der Waals surface area contributed by atoms with Gasteiger partial charge in [0.1, 0.15) is 17.4 Å². The molecule has 0 amide bonds. The SMILES string of the molecule is C=C1CCC2C(C)(CO)C(O)CCC2(C)C1/C=C/C1=CC(=C\c2ccc(F)cc2F)/OC1=O. The van der Waals surface area contributed by atoms with Crippen LogP contribution in [-0.4, -0.2) is 28.9 Å². The number of cyclic esters (lactones) is 1. The topological polar surface area (TPSA) is 66.8 Å². The van der Waals surface area contributed by atoms with Gasteiger partial charge in [-0.25, -0.2) is 13.6 Å².